The van der Waals surface area contributed by atoms with Gasteiger partial charge in [-0.1, -0.05) is 13.3 Å². The minimum Gasteiger partial charge on any atom is -0.303 e. The average molecular weight is 339 g/mol. The molecule has 1 aromatic rings. The molecule has 1 atom stereocenters. The van der Waals surface area contributed by atoms with Gasteiger partial charge in [-0.3, -0.25) is 9.69 Å². The van der Waals surface area contributed by atoms with E-state index >= 15 is 0 Å². The van der Waals surface area contributed by atoms with Crippen molar-refractivity contribution < 1.29 is 4.79 Å². The molecule has 2 rings (SSSR count). The number of likely N-dealkylation sites (N-methyl/N-ethyl adjacent to an activating group) is 1. The van der Waals surface area contributed by atoms with E-state index in [0.717, 1.165) is 30.2 Å². The number of aryl methyl sites for hydroxylation is 2. The number of thiazole rings is 1. The maximum atomic E-state index is 12.2. The van der Waals surface area contributed by atoms with Crippen LogP contribution in [-0.4, -0.2) is 60.5 Å². The average Bonchev–Trinajstić information content (AvgIpc) is 2.85. The highest BCUT2D eigenvalue weighted by molar-refractivity contribution is 7.15. The monoisotopic (exact) mass is 338 g/mol. The standard InChI is InChI=1S/C17H30N4OS/c1-5-15-13(2)23-17(18-15)19-16(22)12-20(3)11-9-14-8-6-7-10-21(14)4/h14H,5-12H2,1-4H3,(H,18,19,22). The van der Waals surface area contributed by atoms with Gasteiger partial charge in [-0.05, 0) is 59.8 Å². The van der Waals surface area contributed by atoms with Crippen molar-refractivity contribution in [3.63, 3.8) is 0 Å². The summed E-state index contributed by atoms with van der Waals surface area (Å²) in [4.78, 5) is 22.4. The van der Waals surface area contributed by atoms with Gasteiger partial charge in [0.05, 0.1) is 12.2 Å². The molecule has 0 aromatic carbocycles. The third-order valence-electron chi connectivity index (χ3n) is 4.65. The Kier molecular flexibility index (Phi) is 6.99. The zero-order valence-electron chi connectivity index (χ0n) is 14.9. The Morgan fingerprint density at radius 3 is 2.91 bits per heavy atom. The summed E-state index contributed by atoms with van der Waals surface area (Å²) in [7, 11) is 4.24. The highest BCUT2D eigenvalue weighted by Gasteiger charge is 2.19. The van der Waals surface area contributed by atoms with Crippen LogP contribution in [0.15, 0.2) is 0 Å². The molecule has 1 N–H and O–H groups in total. The van der Waals surface area contributed by atoms with Crippen molar-refractivity contribution in [3.05, 3.63) is 10.6 Å². The van der Waals surface area contributed by atoms with E-state index in [1.165, 1.54) is 30.7 Å². The van der Waals surface area contributed by atoms with Crippen LogP contribution in [0, 0.1) is 6.92 Å². The first-order valence-corrected chi connectivity index (χ1v) is 9.46. The number of amides is 1. The van der Waals surface area contributed by atoms with Crippen molar-refractivity contribution in [3.8, 4) is 0 Å². The Hall–Kier alpha value is -0.980. The fraction of sp³-hybridized carbons (Fsp3) is 0.765. The molecule has 1 fully saturated rings. The van der Waals surface area contributed by atoms with E-state index in [0.29, 0.717) is 12.6 Å². The van der Waals surface area contributed by atoms with Gasteiger partial charge in [0.1, 0.15) is 0 Å². The Morgan fingerprint density at radius 2 is 2.26 bits per heavy atom. The third kappa shape index (κ3) is 5.55. The van der Waals surface area contributed by atoms with Gasteiger partial charge < -0.3 is 10.2 Å². The molecule has 6 heteroatoms. The predicted molar refractivity (Wildman–Crippen MR) is 97.2 cm³/mol. The largest absolute Gasteiger partial charge is 0.303 e. The van der Waals surface area contributed by atoms with Crippen molar-refractivity contribution in [2.45, 2.75) is 52.0 Å². The van der Waals surface area contributed by atoms with Crippen LogP contribution in [0.4, 0.5) is 5.13 Å². The molecule has 1 unspecified atom stereocenters. The number of hydrogen-bond acceptors (Lipinski definition) is 5. The third-order valence-corrected chi connectivity index (χ3v) is 5.58. The van der Waals surface area contributed by atoms with Gasteiger partial charge in [-0.2, -0.15) is 0 Å². The molecule has 1 saturated heterocycles. The van der Waals surface area contributed by atoms with Crippen LogP contribution in [0.5, 0.6) is 0 Å². The quantitative estimate of drug-likeness (QED) is 0.830. The van der Waals surface area contributed by atoms with Crippen molar-refractivity contribution in [2.75, 3.05) is 39.0 Å². The first kappa shape index (κ1) is 18.4. The van der Waals surface area contributed by atoms with Crippen molar-refractivity contribution in [1.29, 1.82) is 0 Å². The van der Waals surface area contributed by atoms with Gasteiger partial charge in [0, 0.05) is 10.9 Å². The number of rotatable bonds is 7. The zero-order valence-corrected chi connectivity index (χ0v) is 15.7. The lowest BCUT2D eigenvalue weighted by atomic mass is 10.00. The molecule has 1 aliphatic rings. The van der Waals surface area contributed by atoms with Crippen LogP contribution in [0.2, 0.25) is 0 Å². The number of hydrogen-bond donors (Lipinski definition) is 1. The van der Waals surface area contributed by atoms with E-state index in [1.54, 1.807) is 11.3 Å². The molecule has 0 spiro atoms. The lowest BCUT2D eigenvalue weighted by Crippen LogP contribution is -2.39. The number of nitrogens with one attached hydrogen (secondary N) is 1. The molecule has 1 aromatic heterocycles. The summed E-state index contributed by atoms with van der Waals surface area (Å²) in [6.07, 6.45) is 5.99. The molecule has 1 aliphatic heterocycles. The Morgan fingerprint density at radius 1 is 1.48 bits per heavy atom. The maximum absolute atomic E-state index is 12.2. The molecule has 0 aliphatic carbocycles. The van der Waals surface area contributed by atoms with Crippen LogP contribution in [0.25, 0.3) is 0 Å². The molecule has 0 saturated carbocycles. The number of carbonyl (C=O) groups is 1. The van der Waals surface area contributed by atoms with Gasteiger partial charge >= 0.3 is 0 Å². The second kappa shape index (κ2) is 8.76. The Balaban J connectivity index is 1.73. The van der Waals surface area contributed by atoms with Crippen LogP contribution < -0.4 is 5.32 Å². The maximum Gasteiger partial charge on any atom is 0.240 e. The molecule has 0 radical (unpaired) electrons. The number of nitrogens with zero attached hydrogens (tertiary/aromatic N) is 3. The van der Waals surface area contributed by atoms with Crippen molar-refractivity contribution >= 4 is 22.4 Å². The lowest BCUT2D eigenvalue weighted by Gasteiger charge is -2.33. The van der Waals surface area contributed by atoms with Crippen molar-refractivity contribution in [1.82, 2.24) is 14.8 Å². The zero-order chi connectivity index (χ0) is 16.8. The van der Waals surface area contributed by atoms with Gasteiger partial charge in [0.15, 0.2) is 5.13 Å². The molecule has 5 nitrogen and oxygen atoms in total. The second-order valence-corrected chi connectivity index (χ2v) is 7.78. The van der Waals surface area contributed by atoms with E-state index in [-0.39, 0.29) is 5.91 Å². The van der Waals surface area contributed by atoms with Crippen LogP contribution in [0.3, 0.4) is 0 Å². The minimum absolute atomic E-state index is 0.0286. The summed E-state index contributed by atoms with van der Waals surface area (Å²) < 4.78 is 0. The van der Waals surface area contributed by atoms with Gasteiger partial charge in [0.2, 0.25) is 5.91 Å². The van der Waals surface area contributed by atoms with Crippen LogP contribution in [-0.2, 0) is 11.2 Å². The first-order chi connectivity index (χ1) is 11.0. The number of likely N-dealkylation sites (tertiary alicyclic amines) is 1. The molecule has 130 valence electrons. The summed E-state index contributed by atoms with van der Waals surface area (Å²) in [5.41, 5.74) is 1.08. The first-order valence-electron chi connectivity index (χ1n) is 8.64. The summed E-state index contributed by atoms with van der Waals surface area (Å²) in [5, 5.41) is 3.66. The lowest BCUT2D eigenvalue weighted by molar-refractivity contribution is -0.117. The van der Waals surface area contributed by atoms with Gasteiger partial charge in [-0.25, -0.2) is 4.98 Å². The number of carbonyl (C=O) groups excluding carboxylic acids is 1. The van der Waals surface area contributed by atoms with E-state index in [2.05, 4.69) is 41.0 Å². The van der Waals surface area contributed by atoms with Crippen LogP contribution >= 0.6 is 11.3 Å². The predicted octanol–water partition coefficient (Wildman–Crippen LogP) is 2.76. The number of aromatic nitrogens is 1. The molecular weight excluding hydrogens is 308 g/mol. The summed E-state index contributed by atoms with van der Waals surface area (Å²) in [6, 6.07) is 0.669. The Labute approximate surface area is 144 Å². The molecule has 23 heavy (non-hydrogen) atoms. The number of piperidine rings is 1. The van der Waals surface area contributed by atoms with E-state index in [4.69, 9.17) is 0 Å². The molecule has 1 amide bonds. The number of anilines is 1. The second-order valence-electron chi connectivity index (χ2n) is 6.58. The van der Waals surface area contributed by atoms with Gasteiger partial charge in [-0.15, -0.1) is 11.3 Å². The fourth-order valence-electron chi connectivity index (χ4n) is 3.17. The minimum atomic E-state index is 0.0286. The SMILES string of the molecule is CCc1nc(NC(=O)CN(C)CCC2CCCCN2C)sc1C. The van der Waals surface area contributed by atoms with E-state index in [9.17, 15) is 4.79 Å². The highest BCUT2D eigenvalue weighted by atomic mass is 32.1. The van der Waals surface area contributed by atoms with E-state index in [1.807, 2.05) is 7.05 Å². The fourth-order valence-corrected chi connectivity index (χ4v) is 4.09. The molecular formula is C17H30N4OS. The topological polar surface area (TPSA) is 48.5 Å². The summed E-state index contributed by atoms with van der Waals surface area (Å²) in [6.45, 7) is 6.73. The summed E-state index contributed by atoms with van der Waals surface area (Å²) in [5.74, 6) is 0.0286. The molecule has 0 bridgehead atoms. The van der Waals surface area contributed by atoms with E-state index < -0.39 is 0 Å². The summed E-state index contributed by atoms with van der Waals surface area (Å²) >= 11 is 1.56. The Bertz CT molecular complexity index is 517. The smallest absolute Gasteiger partial charge is 0.240 e. The normalized spacial score (nSPS) is 19.3. The van der Waals surface area contributed by atoms with Gasteiger partial charge in [0.25, 0.3) is 0 Å². The van der Waals surface area contributed by atoms with Crippen molar-refractivity contribution in [2.24, 2.45) is 0 Å². The van der Waals surface area contributed by atoms with Crippen LogP contribution in [0.1, 0.15) is 43.2 Å². The molecule has 2 heterocycles. The highest BCUT2D eigenvalue weighted by Crippen LogP contribution is 2.22.